The smallest absolute Gasteiger partial charge is 0.167 e. The molecule has 1 aliphatic heterocycles. The lowest BCUT2D eigenvalue weighted by molar-refractivity contribution is 0.0972. The number of rotatable bonds is 1. The lowest BCUT2D eigenvalue weighted by Gasteiger charge is -2.26. The SMILES string of the molecule is O=C1CC(c2ccc(F)cc2F)Nc2ccccc21. The average molecular weight is 259 g/mol. The molecule has 4 heteroatoms. The molecule has 2 aromatic rings. The van der Waals surface area contributed by atoms with Crippen LogP contribution in [0.3, 0.4) is 0 Å². The molecule has 1 atom stereocenters. The number of hydrogen-bond donors (Lipinski definition) is 1. The van der Waals surface area contributed by atoms with Gasteiger partial charge in [-0.2, -0.15) is 0 Å². The molecule has 96 valence electrons. The molecule has 0 aliphatic carbocycles. The van der Waals surface area contributed by atoms with E-state index >= 15 is 0 Å². The molecule has 2 nitrogen and oxygen atoms in total. The second-order valence-corrected chi connectivity index (χ2v) is 4.54. The number of anilines is 1. The van der Waals surface area contributed by atoms with Crippen molar-refractivity contribution in [2.24, 2.45) is 0 Å². The van der Waals surface area contributed by atoms with Crippen LogP contribution in [0.15, 0.2) is 42.5 Å². The highest BCUT2D eigenvalue weighted by Crippen LogP contribution is 2.33. The zero-order valence-electron chi connectivity index (χ0n) is 9.99. The maximum atomic E-state index is 13.7. The molecular formula is C15H11F2NO. The van der Waals surface area contributed by atoms with E-state index in [-0.39, 0.29) is 12.2 Å². The number of halogens is 2. The molecule has 1 N–H and O–H groups in total. The molecule has 0 spiro atoms. The van der Waals surface area contributed by atoms with Gasteiger partial charge in [0.2, 0.25) is 0 Å². The predicted molar refractivity (Wildman–Crippen MR) is 68.1 cm³/mol. The Bertz CT molecular complexity index is 654. The van der Waals surface area contributed by atoms with Crippen molar-refractivity contribution in [3.05, 3.63) is 65.2 Å². The van der Waals surface area contributed by atoms with Crippen molar-refractivity contribution in [3.63, 3.8) is 0 Å². The molecule has 1 heterocycles. The third-order valence-corrected chi connectivity index (χ3v) is 3.28. The Labute approximate surface area is 109 Å². The largest absolute Gasteiger partial charge is 0.377 e. The Morgan fingerprint density at radius 2 is 1.89 bits per heavy atom. The highest BCUT2D eigenvalue weighted by molar-refractivity contribution is 6.03. The van der Waals surface area contributed by atoms with Gasteiger partial charge in [-0.05, 0) is 18.2 Å². The Morgan fingerprint density at radius 3 is 2.68 bits per heavy atom. The molecule has 0 fully saturated rings. The predicted octanol–water partition coefficient (Wildman–Crippen LogP) is 3.70. The summed E-state index contributed by atoms with van der Waals surface area (Å²) < 4.78 is 26.6. The molecule has 0 amide bonds. The van der Waals surface area contributed by atoms with Crippen LogP contribution in [0.2, 0.25) is 0 Å². The van der Waals surface area contributed by atoms with Gasteiger partial charge in [0.05, 0.1) is 6.04 Å². The van der Waals surface area contributed by atoms with Crippen molar-refractivity contribution in [1.29, 1.82) is 0 Å². The molecule has 3 rings (SSSR count). The van der Waals surface area contributed by atoms with Gasteiger partial charge < -0.3 is 5.32 Å². The van der Waals surface area contributed by atoms with Crippen LogP contribution in [-0.2, 0) is 0 Å². The van der Waals surface area contributed by atoms with Crippen LogP contribution in [-0.4, -0.2) is 5.78 Å². The van der Waals surface area contributed by atoms with Crippen LogP contribution in [0.5, 0.6) is 0 Å². The summed E-state index contributed by atoms with van der Waals surface area (Å²) in [5, 5.41) is 3.12. The fraction of sp³-hybridized carbons (Fsp3) is 0.133. The Hall–Kier alpha value is -2.23. The highest BCUT2D eigenvalue weighted by Gasteiger charge is 2.26. The summed E-state index contributed by atoms with van der Waals surface area (Å²) in [6.45, 7) is 0. The Kier molecular flexibility index (Phi) is 2.78. The molecule has 0 bridgehead atoms. The van der Waals surface area contributed by atoms with Crippen molar-refractivity contribution in [1.82, 2.24) is 0 Å². The van der Waals surface area contributed by atoms with Crippen LogP contribution in [0, 0.1) is 11.6 Å². The van der Waals surface area contributed by atoms with Crippen LogP contribution >= 0.6 is 0 Å². The van der Waals surface area contributed by atoms with Crippen molar-refractivity contribution < 1.29 is 13.6 Å². The Balaban J connectivity index is 1.99. The molecule has 19 heavy (non-hydrogen) atoms. The van der Waals surface area contributed by atoms with Crippen molar-refractivity contribution in [2.45, 2.75) is 12.5 Å². The number of hydrogen-bond acceptors (Lipinski definition) is 2. The summed E-state index contributed by atoms with van der Waals surface area (Å²) in [5.74, 6) is -1.29. The number of carbonyl (C=O) groups is 1. The standard InChI is InChI=1S/C15H11F2NO/c16-9-5-6-10(12(17)7-9)14-8-15(19)11-3-1-2-4-13(11)18-14/h1-7,14,18H,8H2. The third kappa shape index (κ3) is 2.10. The zero-order chi connectivity index (χ0) is 13.4. The molecule has 0 aromatic heterocycles. The van der Waals surface area contributed by atoms with Gasteiger partial charge in [0, 0.05) is 29.3 Å². The zero-order valence-corrected chi connectivity index (χ0v) is 9.99. The van der Waals surface area contributed by atoms with Crippen molar-refractivity contribution in [3.8, 4) is 0 Å². The molecule has 0 saturated heterocycles. The van der Waals surface area contributed by atoms with Gasteiger partial charge in [0.25, 0.3) is 0 Å². The fourth-order valence-corrected chi connectivity index (χ4v) is 2.36. The van der Waals surface area contributed by atoms with Gasteiger partial charge >= 0.3 is 0 Å². The van der Waals surface area contributed by atoms with Crippen LogP contribution in [0.1, 0.15) is 28.4 Å². The van der Waals surface area contributed by atoms with Crippen molar-refractivity contribution in [2.75, 3.05) is 5.32 Å². The normalized spacial score (nSPS) is 17.8. The first kappa shape index (κ1) is 11.8. The van der Waals surface area contributed by atoms with Crippen LogP contribution < -0.4 is 5.32 Å². The first-order valence-corrected chi connectivity index (χ1v) is 5.99. The summed E-state index contributed by atoms with van der Waals surface area (Å²) >= 11 is 0. The minimum absolute atomic E-state index is 0.0388. The van der Waals surface area contributed by atoms with Crippen molar-refractivity contribution >= 4 is 11.5 Å². The summed E-state index contributed by atoms with van der Waals surface area (Å²) in [7, 11) is 0. The van der Waals surface area contributed by atoms with Gasteiger partial charge in [-0.25, -0.2) is 8.78 Å². The topological polar surface area (TPSA) is 29.1 Å². The van der Waals surface area contributed by atoms with Gasteiger partial charge in [-0.3, -0.25) is 4.79 Å². The van der Waals surface area contributed by atoms with Gasteiger partial charge in [0.1, 0.15) is 11.6 Å². The first-order chi connectivity index (χ1) is 9.15. The van der Waals surface area contributed by atoms with Gasteiger partial charge in [-0.15, -0.1) is 0 Å². The number of ketones is 1. The lowest BCUT2D eigenvalue weighted by Crippen LogP contribution is -2.23. The maximum Gasteiger partial charge on any atom is 0.167 e. The van der Waals surface area contributed by atoms with E-state index in [1.807, 2.05) is 6.07 Å². The number of carbonyl (C=O) groups excluding carboxylic acids is 1. The van der Waals surface area contributed by atoms with Gasteiger partial charge in [0.15, 0.2) is 5.78 Å². The molecule has 2 aromatic carbocycles. The van der Waals surface area contributed by atoms with E-state index in [2.05, 4.69) is 5.32 Å². The third-order valence-electron chi connectivity index (χ3n) is 3.28. The summed E-state index contributed by atoms with van der Waals surface area (Å²) in [5.41, 5.74) is 1.61. The average Bonchev–Trinajstić information content (AvgIpc) is 2.38. The highest BCUT2D eigenvalue weighted by atomic mass is 19.1. The Morgan fingerprint density at radius 1 is 1.11 bits per heavy atom. The second-order valence-electron chi connectivity index (χ2n) is 4.54. The monoisotopic (exact) mass is 259 g/mol. The number of nitrogens with one attached hydrogen (secondary N) is 1. The van der Waals surface area contributed by atoms with Crippen LogP contribution in [0.4, 0.5) is 14.5 Å². The number of para-hydroxylation sites is 1. The molecule has 0 saturated carbocycles. The molecule has 1 unspecified atom stereocenters. The van der Waals surface area contributed by atoms with E-state index in [9.17, 15) is 13.6 Å². The van der Waals surface area contributed by atoms with Crippen LogP contribution in [0.25, 0.3) is 0 Å². The van der Waals surface area contributed by atoms with E-state index in [1.165, 1.54) is 12.1 Å². The quantitative estimate of drug-likeness (QED) is 0.846. The number of fused-ring (bicyclic) bond motifs is 1. The molecular weight excluding hydrogens is 248 g/mol. The second kappa shape index (κ2) is 4.46. The van der Waals surface area contributed by atoms with E-state index in [0.29, 0.717) is 16.8 Å². The first-order valence-electron chi connectivity index (χ1n) is 5.99. The maximum absolute atomic E-state index is 13.7. The number of benzene rings is 2. The van der Waals surface area contributed by atoms with E-state index in [0.717, 1.165) is 6.07 Å². The summed E-state index contributed by atoms with van der Waals surface area (Å²) in [6, 6.07) is 10.1. The fourth-order valence-electron chi connectivity index (χ4n) is 2.36. The van der Waals surface area contributed by atoms with E-state index in [4.69, 9.17) is 0 Å². The number of Topliss-reactive ketones (excluding diaryl/α,β-unsaturated/α-hetero) is 1. The van der Waals surface area contributed by atoms with E-state index in [1.54, 1.807) is 18.2 Å². The van der Waals surface area contributed by atoms with E-state index < -0.39 is 17.7 Å². The minimum atomic E-state index is -0.635. The molecule has 0 radical (unpaired) electrons. The summed E-state index contributed by atoms with van der Waals surface area (Å²) in [6.07, 6.45) is 0.166. The molecule has 1 aliphatic rings. The lowest BCUT2D eigenvalue weighted by atomic mass is 9.92. The summed E-state index contributed by atoms with van der Waals surface area (Å²) in [4.78, 5) is 12.0. The minimum Gasteiger partial charge on any atom is -0.377 e. The van der Waals surface area contributed by atoms with Gasteiger partial charge in [-0.1, -0.05) is 18.2 Å².